The summed E-state index contributed by atoms with van der Waals surface area (Å²) in [5, 5.41) is 11.5. The average molecular weight is 556 g/mol. The molecule has 1 aliphatic heterocycles. The number of rotatable bonds is 8. The van der Waals surface area contributed by atoms with E-state index in [1.165, 1.54) is 12.5 Å². The maximum atomic E-state index is 13.9. The Morgan fingerprint density at radius 1 is 1.15 bits per heavy atom. The summed E-state index contributed by atoms with van der Waals surface area (Å²) in [7, 11) is 0. The number of benzene rings is 1. The number of nitrogens with two attached hydrogens (primary N) is 1. The van der Waals surface area contributed by atoms with Gasteiger partial charge in [-0.25, -0.2) is 15.0 Å². The molecule has 0 aliphatic carbocycles. The Morgan fingerprint density at radius 3 is 2.67 bits per heavy atom. The van der Waals surface area contributed by atoms with Crippen molar-refractivity contribution >= 4 is 17.2 Å². The number of carbonyl (C=O) groups is 1. The van der Waals surface area contributed by atoms with E-state index in [4.69, 9.17) is 19.6 Å². The van der Waals surface area contributed by atoms with Gasteiger partial charge >= 0.3 is 0 Å². The number of thiazole rings is 1. The zero-order chi connectivity index (χ0) is 27.7. The molecule has 1 fully saturated rings. The summed E-state index contributed by atoms with van der Waals surface area (Å²) in [6.45, 7) is 4.57. The van der Waals surface area contributed by atoms with Crippen molar-refractivity contribution in [1.82, 2.24) is 30.0 Å². The van der Waals surface area contributed by atoms with E-state index in [1.54, 1.807) is 23.5 Å². The normalized spacial score (nSPS) is 16.8. The third kappa shape index (κ3) is 5.17. The van der Waals surface area contributed by atoms with Gasteiger partial charge in [-0.2, -0.15) is 0 Å². The first-order valence-electron chi connectivity index (χ1n) is 13.3. The minimum Gasteiger partial charge on any atom is -0.443 e. The minimum atomic E-state index is -0.904. The van der Waals surface area contributed by atoms with Gasteiger partial charge in [0.1, 0.15) is 22.7 Å². The predicted octanol–water partition coefficient (Wildman–Crippen LogP) is 5.20. The Hall–Kier alpha value is -4.22. The minimum absolute atomic E-state index is 0.0643. The van der Waals surface area contributed by atoms with Crippen LogP contribution < -0.4 is 5.73 Å². The maximum absolute atomic E-state index is 13.9. The summed E-state index contributed by atoms with van der Waals surface area (Å²) in [6.07, 6.45) is 6.15. The molecule has 5 aromatic rings. The summed E-state index contributed by atoms with van der Waals surface area (Å²) in [6, 6.07) is 13.2. The van der Waals surface area contributed by atoms with E-state index in [1.807, 2.05) is 42.2 Å². The van der Waals surface area contributed by atoms with Gasteiger partial charge in [-0.1, -0.05) is 37.3 Å². The van der Waals surface area contributed by atoms with Crippen molar-refractivity contribution in [3.05, 3.63) is 88.0 Å². The standard InChI is InChI=1S/C29H29N7O3S/c1-3-20-17-40-26(32-20)23-10-7-12-36(23)27(37)19-14-21(24-31-11-13-38-24)33-22(15-19)25-34-35-28(39-25)29(2,30)16-18-8-5-4-6-9-18/h4-6,8-9,11,13-15,17,23H,3,7,10,12,16,30H2,1-2H3/t23-,29-/m1/s1. The number of carbonyl (C=O) groups excluding carboxylic acids is 1. The summed E-state index contributed by atoms with van der Waals surface area (Å²) < 4.78 is 11.6. The molecule has 1 aliphatic rings. The van der Waals surface area contributed by atoms with E-state index in [2.05, 4.69) is 32.5 Å². The van der Waals surface area contributed by atoms with Gasteiger partial charge in [0.25, 0.3) is 11.8 Å². The second-order valence-corrected chi connectivity index (χ2v) is 11.0. The number of aryl methyl sites for hydroxylation is 1. The van der Waals surface area contributed by atoms with E-state index < -0.39 is 5.54 Å². The van der Waals surface area contributed by atoms with Crippen molar-refractivity contribution in [2.45, 2.75) is 51.1 Å². The maximum Gasteiger partial charge on any atom is 0.266 e. The Morgan fingerprint density at radius 2 is 1.95 bits per heavy atom. The van der Waals surface area contributed by atoms with Crippen LogP contribution >= 0.6 is 11.3 Å². The Labute approximate surface area is 235 Å². The van der Waals surface area contributed by atoms with Gasteiger partial charge in [0.05, 0.1) is 23.5 Å². The monoisotopic (exact) mass is 555 g/mol. The lowest BCUT2D eigenvalue weighted by atomic mass is 9.94. The molecule has 0 spiro atoms. The van der Waals surface area contributed by atoms with Crippen LogP contribution in [0, 0.1) is 0 Å². The van der Waals surface area contributed by atoms with E-state index in [0.29, 0.717) is 29.9 Å². The molecule has 204 valence electrons. The lowest BCUT2D eigenvalue weighted by Gasteiger charge is -2.23. The highest BCUT2D eigenvalue weighted by Crippen LogP contribution is 2.36. The van der Waals surface area contributed by atoms with E-state index >= 15 is 0 Å². The Balaban J connectivity index is 1.34. The van der Waals surface area contributed by atoms with Crippen molar-refractivity contribution in [3.8, 4) is 23.2 Å². The van der Waals surface area contributed by atoms with Gasteiger partial charge in [0.15, 0.2) is 0 Å². The second-order valence-electron chi connectivity index (χ2n) is 10.1. The summed E-state index contributed by atoms with van der Waals surface area (Å²) in [4.78, 5) is 29.4. The van der Waals surface area contributed by atoms with Crippen molar-refractivity contribution in [3.63, 3.8) is 0 Å². The molecule has 1 aromatic carbocycles. The number of hydrogen-bond donors (Lipinski definition) is 1. The summed E-state index contributed by atoms with van der Waals surface area (Å²) in [5.74, 6) is 0.596. The van der Waals surface area contributed by atoms with Crippen LogP contribution in [-0.4, -0.2) is 42.5 Å². The van der Waals surface area contributed by atoms with Crippen LogP contribution in [0.15, 0.2) is 69.1 Å². The third-order valence-electron chi connectivity index (χ3n) is 7.00. The molecule has 6 rings (SSSR count). The SMILES string of the molecule is CCc1csc([C@H]2CCCN2C(=O)c2cc(-c3ncco3)nc(-c3nnc([C@](C)(N)Cc4ccccc4)o3)c2)n1. The van der Waals surface area contributed by atoms with Crippen LogP contribution in [0.25, 0.3) is 23.2 Å². The number of likely N-dealkylation sites (tertiary alicyclic amines) is 1. The van der Waals surface area contributed by atoms with Gasteiger partial charge in [0, 0.05) is 17.5 Å². The number of pyridine rings is 1. The molecule has 5 heterocycles. The van der Waals surface area contributed by atoms with Crippen LogP contribution in [0.2, 0.25) is 0 Å². The van der Waals surface area contributed by atoms with Crippen molar-refractivity contribution in [1.29, 1.82) is 0 Å². The predicted molar refractivity (Wildman–Crippen MR) is 149 cm³/mol. The van der Waals surface area contributed by atoms with Crippen LogP contribution in [0.3, 0.4) is 0 Å². The molecule has 2 N–H and O–H groups in total. The van der Waals surface area contributed by atoms with Crippen molar-refractivity contribution in [2.24, 2.45) is 5.73 Å². The first-order valence-corrected chi connectivity index (χ1v) is 14.1. The third-order valence-corrected chi connectivity index (χ3v) is 8.00. The molecule has 10 nitrogen and oxygen atoms in total. The molecule has 0 unspecified atom stereocenters. The number of hydrogen-bond acceptors (Lipinski definition) is 10. The second kappa shape index (κ2) is 10.7. The average Bonchev–Trinajstić information content (AvgIpc) is 3.79. The number of amides is 1. The molecular weight excluding hydrogens is 526 g/mol. The molecule has 40 heavy (non-hydrogen) atoms. The molecule has 0 radical (unpaired) electrons. The summed E-state index contributed by atoms with van der Waals surface area (Å²) >= 11 is 1.61. The van der Waals surface area contributed by atoms with Gasteiger partial charge < -0.3 is 19.5 Å². The van der Waals surface area contributed by atoms with Gasteiger partial charge in [0.2, 0.25) is 11.8 Å². The Bertz CT molecular complexity index is 1610. The zero-order valence-electron chi connectivity index (χ0n) is 22.3. The van der Waals surface area contributed by atoms with Crippen LogP contribution in [0.4, 0.5) is 0 Å². The van der Waals surface area contributed by atoms with Crippen LogP contribution in [-0.2, 0) is 18.4 Å². The first-order chi connectivity index (χ1) is 19.4. The molecule has 1 amide bonds. The number of aromatic nitrogens is 5. The van der Waals surface area contributed by atoms with E-state index in [-0.39, 0.29) is 29.6 Å². The molecule has 0 bridgehead atoms. The van der Waals surface area contributed by atoms with Gasteiger partial charge in [-0.05, 0) is 50.3 Å². The van der Waals surface area contributed by atoms with Crippen LogP contribution in [0.1, 0.15) is 65.2 Å². The molecule has 11 heteroatoms. The Kier molecular flexibility index (Phi) is 6.99. The lowest BCUT2D eigenvalue weighted by Crippen LogP contribution is -2.35. The molecule has 4 aromatic heterocycles. The number of nitrogens with zero attached hydrogens (tertiary/aromatic N) is 6. The molecule has 0 saturated carbocycles. The van der Waals surface area contributed by atoms with E-state index in [0.717, 1.165) is 35.5 Å². The van der Waals surface area contributed by atoms with Crippen molar-refractivity contribution < 1.29 is 13.6 Å². The van der Waals surface area contributed by atoms with E-state index in [9.17, 15) is 4.79 Å². The highest BCUT2D eigenvalue weighted by Gasteiger charge is 2.34. The fourth-order valence-electron chi connectivity index (χ4n) is 4.95. The van der Waals surface area contributed by atoms with Crippen LogP contribution in [0.5, 0.6) is 0 Å². The number of oxazole rings is 1. The lowest BCUT2D eigenvalue weighted by molar-refractivity contribution is 0.0735. The van der Waals surface area contributed by atoms with Crippen molar-refractivity contribution in [2.75, 3.05) is 6.54 Å². The smallest absolute Gasteiger partial charge is 0.266 e. The zero-order valence-corrected chi connectivity index (χ0v) is 23.1. The topological polar surface area (TPSA) is 137 Å². The summed E-state index contributed by atoms with van der Waals surface area (Å²) in [5.41, 5.74) is 8.96. The highest BCUT2D eigenvalue weighted by molar-refractivity contribution is 7.09. The largest absolute Gasteiger partial charge is 0.443 e. The highest BCUT2D eigenvalue weighted by atomic mass is 32.1. The molecule has 2 atom stereocenters. The fourth-order valence-corrected chi connectivity index (χ4v) is 5.99. The fraction of sp³-hybridized carbons (Fsp3) is 0.310. The molecule has 1 saturated heterocycles. The van der Waals surface area contributed by atoms with Gasteiger partial charge in [-0.3, -0.25) is 4.79 Å². The first kappa shape index (κ1) is 26.0. The van der Waals surface area contributed by atoms with Gasteiger partial charge in [-0.15, -0.1) is 21.5 Å². The molecular formula is C29H29N7O3S. The quantitative estimate of drug-likeness (QED) is 0.274.